The van der Waals surface area contributed by atoms with Crippen LogP contribution in [0.15, 0.2) is 35.7 Å². The van der Waals surface area contributed by atoms with Crippen LogP contribution in [-0.4, -0.2) is 19.0 Å². The van der Waals surface area contributed by atoms with Crippen molar-refractivity contribution in [3.05, 3.63) is 45.6 Å². The van der Waals surface area contributed by atoms with E-state index in [0.29, 0.717) is 21.3 Å². The van der Waals surface area contributed by atoms with Gasteiger partial charge in [0.1, 0.15) is 5.75 Å². The summed E-state index contributed by atoms with van der Waals surface area (Å²) in [5.74, 6) is -0.00776. The van der Waals surface area contributed by atoms with Gasteiger partial charge in [0.25, 0.3) is 5.91 Å². The highest BCUT2D eigenvalue weighted by Crippen LogP contribution is 2.27. The number of nitrogens with one attached hydrogen (secondary N) is 2. The Morgan fingerprint density at radius 2 is 2.10 bits per heavy atom. The van der Waals surface area contributed by atoms with E-state index in [4.69, 9.17) is 16.3 Å². The van der Waals surface area contributed by atoms with Crippen LogP contribution in [0.5, 0.6) is 5.75 Å². The Morgan fingerprint density at radius 1 is 1.30 bits per heavy atom. The number of amides is 3. The van der Waals surface area contributed by atoms with Crippen LogP contribution in [0.3, 0.4) is 0 Å². The summed E-state index contributed by atoms with van der Waals surface area (Å²) >= 11 is 7.10. The molecule has 2 rings (SSSR count). The molecule has 5 nitrogen and oxygen atoms in total. The summed E-state index contributed by atoms with van der Waals surface area (Å²) in [6, 6.07) is 7.52. The Labute approximate surface area is 124 Å². The van der Waals surface area contributed by atoms with Gasteiger partial charge in [0.05, 0.1) is 17.7 Å². The molecule has 0 aliphatic rings. The molecule has 0 saturated carbocycles. The second-order valence-corrected chi connectivity index (χ2v) is 5.11. The zero-order chi connectivity index (χ0) is 14.5. The number of carbonyl (C=O) groups is 2. The molecule has 1 heterocycles. The average molecular weight is 311 g/mol. The van der Waals surface area contributed by atoms with E-state index in [1.165, 1.54) is 24.5 Å². The lowest BCUT2D eigenvalue weighted by atomic mass is 10.3. The molecule has 7 heteroatoms. The van der Waals surface area contributed by atoms with Crippen LogP contribution in [0.2, 0.25) is 5.02 Å². The minimum atomic E-state index is -0.649. The number of ether oxygens (including phenoxy) is 1. The molecule has 3 amide bonds. The van der Waals surface area contributed by atoms with E-state index in [2.05, 4.69) is 10.6 Å². The molecule has 1 aromatic heterocycles. The summed E-state index contributed by atoms with van der Waals surface area (Å²) in [5, 5.41) is 6.95. The fourth-order valence-corrected chi connectivity index (χ4v) is 2.29. The quantitative estimate of drug-likeness (QED) is 0.913. The second-order valence-electron chi connectivity index (χ2n) is 3.73. The van der Waals surface area contributed by atoms with Crippen molar-refractivity contribution in [1.29, 1.82) is 0 Å². The highest BCUT2D eigenvalue weighted by Gasteiger charge is 2.13. The van der Waals surface area contributed by atoms with Crippen LogP contribution in [0, 0.1) is 0 Å². The van der Waals surface area contributed by atoms with Crippen molar-refractivity contribution >= 4 is 40.6 Å². The van der Waals surface area contributed by atoms with Crippen molar-refractivity contribution in [1.82, 2.24) is 5.32 Å². The zero-order valence-electron chi connectivity index (χ0n) is 10.5. The van der Waals surface area contributed by atoms with Gasteiger partial charge in [-0.3, -0.25) is 10.1 Å². The smallest absolute Gasteiger partial charge is 0.326 e. The summed E-state index contributed by atoms with van der Waals surface area (Å²) in [7, 11) is 1.48. The van der Waals surface area contributed by atoms with Crippen LogP contribution in [0.1, 0.15) is 9.67 Å². The average Bonchev–Trinajstić information content (AvgIpc) is 2.92. The van der Waals surface area contributed by atoms with Crippen LogP contribution in [0.4, 0.5) is 10.5 Å². The molecule has 1 aromatic carbocycles. The summed E-state index contributed by atoms with van der Waals surface area (Å²) in [6.45, 7) is 0. The predicted molar refractivity (Wildman–Crippen MR) is 78.8 cm³/mol. The molecule has 0 spiro atoms. The van der Waals surface area contributed by atoms with Gasteiger partial charge >= 0.3 is 6.03 Å². The van der Waals surface area contributed by atoms with Crippen LogP contribution < -0.4 is 15.4 Å². The maximum Gasteiger partial charge on any atom is 0.326 e. The highest BCUT2D eigenvalue weighted by molar-refractivity contribution is 7.12. The number of imide groups is 1. The Balaban J connectivity index is 2.05. The van der Waals surface area contributed by atoms with Gasteiger partial charge in [-0.1, -0.05) is 17.7 Å². The van der Waals surface area contributed by atoms with E-state index < -0.39 is 11.9 Å². The molecule has 0 saturated heterocycles. The minimum Gasteiger partial charge on any atom is -0.495 e. The summed E-state index contributed by atoms with van der Waals surface area (Å²) < 4.78 is 5.09. The standard InChI is InChI=1S/C13H11ClN2O3S/c1-19-10-5-4-8(14)7-9(10)15-13(18)16-12(17)11-3-2-6-20-11/h2-7H,1H3,(H2,15,16,17,18). The number of hydrogen-bond acceptors (Lipinski definition) is 4. The van der Waals surface area contributed by atoms with Gasteiger partial charge in [0.15, 0.2) is 0 Å². The van der Waals surface area contributed by atoms with Gasteiger partial charge in [-0.2, -0.15) is 0 Å². The molecule has 0 fully saturated rings. The number of halogens is 1. The number of anilines is 1. The molecule has 0 unspecified atom stereocenters. The monoisotopic (exact) mass is 310 g/mol. The first-order valence-corrected chi connectivity index (χ1v) is 6.85. The molecule has 0 atom stereocenters. The van der Waals surface area contributed by atoms with Crippen LogP contribution in [-0.2, 0) is 0 Å². The summed E-state index contributed by atoms with van der Waals surface area (Å²) in [5.41, 5.74) is 0.386. The third kappa shape index (κ3) is 3.49. The maximum atomic E-state index is 11.8. The molecular formula is C13H11ClN2O3S. The Kier molecular flexibility index (Phi) is 4.60. The van der Waals surface area contributed by atoms with E-state index in [1.54, 1.807) is 29.6 Å². The largest absolute Gasteiger partial charge is 0.495 e. The first-order valence-electron chi connectivity index (χ1n) is 5.59. The Bertz CT molecular complexity index is 629. The van der Waals surface area contributed by atoms with Gasteiger partial charge in [-0.15, -0.1) is 11.3 Å². The Hall–Kier alpha value is -2.05. The van der Waals surface area contributed by atoms with E-state index in [9.17, 15) is 9.59 Å². The number of carbonyl (C=O) groups excluding carboxylic acids is 2. The number of benzene rings is 1. The van der Waals surface area contributed by atoms with Crippen LogP contribution in [0.25, 0.3) is 0 Å². The lowest BCUT2D eigenvalue weighted by Crippen LogP contribution is -2.34. The van der Waals surface area contributed by atoms with E-state index in [0.717, 1.165) is 0 Å². The van der Waals surface area contributed by atoms with Crippen molar-refractivity contribution in [3.63, 3.8) is 0 Å². The predicted octanol–water partition coefficient (Wildman–Crippen LogP) is 3.37. The number of hydrogen-bond donors (Lipinski definition) is 2. The fraction of sp³-hybridized carbons (Fsp3) is 0.0769. The highest BCUT2D eigenvalue weighted by atomic mass is 35.5. The van der Waals surface area contributed by atoms with Crippen LogP contribution >= 0.6 is 22.9 Å². The van der Waals surface area contributed by atoms with E-state index >= 15 is 0 Å². The van der Waals surface area contributed by atoms with E-state index in [-0.39, 0.29) is 0 Å². The molecule has 0 aliphatic carbocycles. The van der Waals surface area contributed by atoms with Crippen molar-refractivity contribution in [3.8, 4) is 5.75 Å². The second kappa shape index (κ2) is 6.40. The van der Waals surface area contributed by atoms with E-state index in [1.807, 2.05) is 0 Å². The lowest BCUT2D eigenvalue weighted by Gasteiger charge is -2.10. The van der Waals surface area contributed by atoms with Gasteiger partial charge in [-0.25, -0.2) is 4.79 Å². The minimum absolute atomic E-state index is 0.386. The maximum absolute atomic E-state index is 11.8. The first-order chi connectivity index (χ1) is 9.60. The molecule has 0 bridgehead atoms. The Morgan fingerprint density at radius 3 is 2.75 bits per heavy atom. The molecule has 0 aliphatic heterocycles. The zero-order valence-corrected chi connectivity index (χ0v) is 12.0. The SMILES string of the molecule is COc1ccc(Cl)cc1NC(=O)NC(=O)c1cccs1. The fourth-order valence-electron chi connectivity index (χ4n) is 1.50. The van der Waals surface area contributed by atoms with Crippen molar-refractivity contribution < 1.29 is 14.3 Å². The number of urea groups is 1. The van der Waals surface area contributed by atoms with Gasteiger partial charge in [-0.05, 0) is 29.6 Å². The van der Waals surface area contributed by atoms with Gasteiger partial charge < -0.3 is 10.1 Å². The molecular weight excluding hydrogens is 300 g/mol. The summed E-state index contributed by atoms with van der Waals surface area (Å²) in [6.07, 6.45) is 0. The lowest BCUT2D eigenvalue weighted by molar-refractivity contribution is 0.0971. The van der Waals surface area contributed by atoms with Gasteiger partial charge in [0.2, 0.25) is 0 Å². The van der Waals surface area contributed by atoms with Crippen molar-refractivity contribution in [2.75, 3.05) is 12.4 Å². The molecule has 104 valence electrons. The topological polar surface area (TPSA) is 67.4 Å². The number of rotatable bonds is 3. The van der Waals surface area contributed by atoms with Crippen molar-refractivity contribution in [2.24, 2.45) is 0 Å². The molecule has 0 radical (unpaired) electrons. The molecule has 2 aromatic rings. The normalized spacial score (nSPS) is 9.90. The number of methoxy groups -OCH3 is 1. The third-order valence-corrected chi connectivity index (χ3v) is 3.49. The third-order valence-electron chi connectivity index (χ3n) is 2.38. The van der Waals surface area contributed by atoms with Crippen molar-refractivity contribution in [2.45, 2.75) is 0 Å². The van der Waals surface area contributed by atoms with Gasteiger partial charge in [0, 0.05) is 5.02 Å². The molecule has 20 heavy (non-hydrogen) atoms. The molecule has 2 N–H and O–H groups in total. The first kappa shape index (κ1) is 14.4. The number of thiophene rings is 1. The summed E-state index contributed by atoms with van der Waals surface area (Å²) in [4.78, 5) is 23.9.